The zero-order valence-electron chi connectivity index (χ0n) is 14.3. The third-order valence-electron chi connectivity index (χ3n) is 4.81. The first-order valence-electron chi connectivity index (χ1n) is 8.64. The predicted molar refractivity (Wildman–Crippen MR) is 91.6 cm³/mol. The van der Waals surface area contributed by atoms with Gasteiger partial charge in [-0.2, -0.15) is 0 Å². The molecule has 2 aliphatic rings. The van der Waals surface area contributed by atoms with Gasteiger partial charge < -0.3 is 9.47 Å². The quantitative estimate of drug-likeness (QED) is 0.600. The molecule has 0 bridgehead atoms. The Bertz CT molecular complexity index is 608. The summed E-state index contributed by atoms with van der Waals surface area (Å²) >= 11 is 1.56. The van der Waals surface area contributed by atoms with Crippen molar-refractivity contribution in [3.63, 3.8) is 0 Å². The van der Waals surface area contributed by atoms with Crippen molar-refractivity contribution in [1.82, 2.24) is 15.2 Å². The maximum Gasteiger partial charge on any atom is 0.337 e. The number of ether oxygens (including phenoxy) is 2. The van der Waals surface area contributed by atoms with Crippen LogP contribution in [0.1, 0.15) is 51.3 Å². The number of aromatic nitrogens is 3. The van der Waals surface area contributed by atoms with Crippen LogP contribution in [0.3, 0.4) is 0 Å². The van der Waals surface area contributed by atoms with Gasteiger partial charge in [-0.3, -0.25) is 5.10 Å². The summed E-state index contributed by atoms with van der Waals surface area (Å²) in [5.41, 5.74) is 0.635. The molecule has 0 amide bonds. The van der Waals surface area contributed by atoms with Crippen molar-refractivity contribution < 1.29 is 14.3 Å². The third kappa shape index (κ3) is 4.32. The average molecular weight is 351 g/mol. The number of carbonyl (C=O) groups is 1. The molecule has 3 rings (SSSR count). The fraction of sp³-hybridized carbons (Fsp3) is 0.706. The summed E-state index contributed by atoms with van der Waals surface area (Å²) in [6, 6.07) is 0. The van der Waals surface area contributed by atoms with E-state index in [4.69, 9.17) is 9.47 Å². The number of H-pyrrole nitrogens is 1. The lowest BCUT2D eigenvalue weighted by molar-refractivity contribution is -0.136. The Hall–Kier alpha value is -1.50. The number of nitrogens with zero attached hydrogens (tertiary/aromatic N) is 2. The van der Waals surface area contributed by atoms with Gasteiger partial charge in [0.2, 0.25) is 5.16 Å². The van der Waals surface area contributed by atoms with Crippen molar-refractivity contribution in [1.29, 1.82) is 0 Å². The van der Waals surface area contributed by atoms with E-state index < -0.39 is 0 Å². The van der Waals surface area contributed by atoms with Gasteiger partial charge in [-0.15, -0.1) is 5.10 Å². The van der Waals surface area contributed by atoms with Gasteiger partial charge in [0.15, 0.2) is 0 Å². The zero-order valence-corrected chi connectivity index (χ0v) is 15.2. The smallest absolute Gasteiger partial charge is 0.337 e. The van der Waals surface area contributed by atoms with E-state index in [0.29, 0.717) is 17.8 Å². The number of hydrogen-bond acceptors (Lipinski definition) is 6. The van der Waals surface area contributed by atoms with E-state index in [1.54, 1.807) is 11.8 Å². The summed E-state index contributed by atoms with van der Waals surface area (Å²) in [6.07, 6.45) is 8.24. The molecule has 0 radical (unpaired) electrons. The van der Waals surface area contributed by atoms with E-state index in [2.05, 4.69) is 15.2 Å². The Morgan fingerprint density at radius 2 is 2.21 bits per heavy atom. The Kier molecular flexibility index (Phi) is 5.81. The molecule has 1 atom stereocenters. The number of esters is 1. The van der Waals surface area contributed by atoms with Crippen LogP contribution in [0.5, 0.6) is 0 Å². The van der Waals surface area contributed by atoms with Gasteiger partial charge >= 0.3 is 5.97 Å². The SMILES string of the molecule is COC(=O)C1=C(C)O[C@@H](CSc2n[nH]c(CCC3CCCC3)n2)C1. The molecule has 7 heteroatoms. The molecule has 6 nitrogen and oxygen atoms in total. The predicted octanol–water partition coefficient (Wildman–Crippen LogP) is 3.26. The molecule has 132 valence electrons. The summed E-state index contributed by atoms with van der Waals surface area (Å²) in [5, 5.41) is 8.07. The van der Waals surface area contributed by atoms with Crippen LogP contribution in [-0.2, 0) is 20.7 Å². The molecule has 1 aromatic heterocycles. The normalized spacial score (nSPS) is 21.3. The van der Waals surface area contributed by atoms with Crippen molar-refractivity contribution in [2.75, 3.05) is 12.9 Å². The van der Waals surface area contributed by atoms with Gasteiger partial charge in [0.05, 0.1) is 12.7 Å². The van der Waals surface area contributed by atoms with Gasteiger partial charge in [0, 0.05) is 18.6 Å². The number of thioether (sulfide) groups is 1. The molecule has 1 N–H and O–H groups in total. The monoisotopic (exact) mass is 351 g/mol. The number of allylic oxidation sites excluding steroid dienone is 1. The first-order chi connectivity index (χ1) is 11.7. The van der Waals surface area contributed by atoms with Crippen LogP contribution in [0.2, 0.25) is 0 Å². The molecule has 0 aromatic carbocycles. The van der Waals surface area contributed by atoms with Crippen LogP contribution in [0.25, 0.3) is 0 Å². The fourth-order valence-corrected chi connectivity index (χ4v) is 4.24. The van der Waals surface area contributed by atoms with Crippen LogP contribution in [0.4, 0.5) is 0 Å². The number of aromatic amines is 1. The van der Waals surface area contributed by atoms with Crippen molar-refractivity contribution >= 4 is 17.7 Å². The summed E-state index contributed by atoms with van der Waals surface area (Å²) in [4.78, 5) is 16.2. The van der Waals surface area contributed by atoms with E-state index in [1.807, 2.05) is 6.92 Å². The topological polar surface area (TPSA) is 77.1 Å². The summed E-state index contributed by atoms with van der Waals surface area (Å²) in [6.45, 7) is 1.81. The van der Waals surface area contributed by atoms with E-state index in [1.165, 1.54) is 39.2 Å². The molecule has 1 aliphatic heterocycles. The summed E-state index contributed by atoms with van der Waals surface area (Å²) < 4.78 is 10.5. The molecule has 0 spiro atoms. The fourth-order valence-electron chi connectivity index (χ4n) is 3.44. The molecular formula is C17H25N3O3S. The minimum absolute atomic E-state index is 0.0236. The third-order valence-corrected chi connectivity index (χ3v) is 5.78. The van der Waals surface area contributed by atoms with Crippen LogP contribution < -0.4 is 0 Å². The highest BCUT2D eigenvalue weighted by molar-refractivity contribution is 7.99. The van der Waals surface area contributed by atoms with Gasteiger partial charge in [0.25, 0.3) is 0 Å². The van der Waals surface area contributed by atoms with Gasteiger partial charge in [-0.1, -0.05) is 37.4 Å². The van der Waals surface area contributed by atoms with Crippen molar-refractivity contribution in [3.8, 4) is 0 Å². The van der Waals surface area contributed by atoms with Crippen LogP contribution >= 0.6 is 11.8 Å². The maximum atomic E-state index is 11.6. The molecule has 24 heavy (non-hydrogen) atoms. The summed E-state index contributed by atoms with van der Waals surface area (Å²) in [5.74, 6) is 2.93. The molecule has 1 saturated carbocycles. The van der Waals surface area contributed by atoms with E-state index in [-0.39, 0.29) is 12.1 Å². The lowest BCUT2D eigenvalue weighted by atomic mass is 10.0. The number of rotatable bonds is 7. The standard InChI is InChI=1S/C17H25N3O3S/c1-11-14(16(21)22-2)9-13(23-11)10-24-17-18-15(19-20-17)8-7-12-5-3-4-6-12/h12-13H,3-10H2,1-2H3,(H,18,19,20)/t13-/m1/s1. The van der Waals surface area contributed by atoms with Gasteiger partial charge in [-0.25, -0.2) is 9.78 Å². The number of nitrogens with one attached hydrogen (secondary N) is 1. The highest BCUT2D eigenvalue weighted by Gasteiger charge is 2.28. The molecule has 1 fully saturated rings. The molecule has 1 aromatic rings. The Balaban J connectivity index is 1.42. The molecular weight excluding hydrogens is 326 g/mol. The largest absolute Gasteiger partial charge is 0.493 e. The minimum Gasteiger partial charge on any atom is -0.493 e. The highest BCUT2D eigenvalue weighted by Crippen LogP contribution is 2.30. The molecule has 0 unspecified atom stereocenters. The number of aryl methyl sites for hydroxylation is 1. The second kappa shape index (κ2) is 8.05. The number of hydrogen-bond donors (Lipinski definition) is 1. The maximum absolute atomic E-state index is 11.6. The molecule has 0 saturated heterocycles. The number of methoxy groups -OCH3 is 1. The lowest BCUT2D eigenvalue weighted by Crippen LogP contribution is -2.11. The highest BCUT2D eigenvalue weighted by atomic mass is 32.2. The zero-order chi connectivity index (χ0) is 16.9. The molecule has 1 aliphatic carbocycles. The van der Waals surface area contributed by atoms with E-state index in [9.17, 15) is 4.79 Å². The van der Waals surface area contributed by atoms with Crippen molar-refractivity contribution in [2.24, 2.45) is 5.92 Å². The second-order valence-corrected chi connectivity index (χ2v) is 7.52. The second-order valence-electron chi connectivity index (χ2n) is 6.54. The Morgan fingerprint density at radius 1 is 1.42 bits per heavy atom. The van der Waals surface area contributed by atoms with Gasteiger partial charge in [0.1, 0.15) is 17.7 Å². The first kappa shape index (κ1) is 17.3. The lowest BCUT2D eigenvalue weighted by Gasteiger charge is -2.09. The van der Waals surface area contributed by atoms with Crippen molar-refractivity contribution in [3.05, 3.63) is 17.2 Å². The minimum atomic E-state index is -0.299. The van der Waals surface area contributed by atoms with Crippen molar-refractivity contribution in [2.45, 2.75) is 63.1 Å². The number of carbonyl (C=O) groups excluding carboxylic acids is 1. The van der Waals surface area contributed by atoms with Crippen LogP contribution in [0, 0.1) is 5.92 Å². The Morgan fingerprint density at radius 3 is 2.96 bits per heavy atom. The first-order valence-corrected chi connectivity index (χ1v) is 9.63. The van der Waals surface area contributed by atoms with E-state index >= 15 is 0 Å². The van der Waals surface area contributed by atoms with Crippen LogP contribution in [-0.4, -0.2) is 40.1 Å². The van der Waals surface area contributed by atoms with E-state index in [0.717, 1.165) is 29.1 Å². The average Bonchev–Trinajstić information content (AvgIpc) is 3.31. The van der Waals surface area contributed by atoms with Gasteiger partial charge in [-0.05, 0) is 19.3 Å². The van der Waals surface area contributed by atoms with Crippen LogP contribution in [0.15, 0.2) is 16.5 Å². The molecule has 2 heterocycles. The summed E-state index contributed by atoms with van der Waals surface area (Å²) in [7, 11) is 1.39. The Labute approximate surface area is 146 Å².